The van der Waals surface area contributed by atoms with Crippen LogP contribution in [0.5, 0.6) is 0 Å². The number of aryl methyl sites for hydroxylation is 1. The number of benzene rings is 6. The summed E-state index contributed by atoms with van der Waals surface area (Å²) in [5.41, 5.74) is 19.1. The molecule has 6 aromatic carbocycles. The van der Waals surface area contributed by atoms with Crippen LogP contribution in [0.4, 0.5) is 28.4 Å². The minimum Gasteiger partial charge on any atom is -0.402 e. The number of anilines is 5. The van der Waals surface area contributed by atoms with Crippen molar-refractivity contribution in [2.45, 2.75) is 26.2 Å². The summed E-state index contributed by atoms with van der Waals surface area (Å²) in [6.45, 7) is 2.14. The van der Waals surface area contributed by atoms with E-state index in [0.717, 1.165) is 58.8 Å². The summed E-state index contributed by atoms with van der Waals surface area (Å²) in [6.07, 6.45) is 14.2. The fourth-order valence-electron chi connectivity index (χ4n) is 7.23. The van der Waals surface area contributed by atoms with E-state index in [9.17, 15) is 0 Å². The van der Waals surface area contributed by atoms with Gasteiger partial charge in [-0.2, -0.15) is 0 Å². The van der Waals surface area contributed by atoms with Crippen LogP contribution >= 0.6 is 0 Å². The van der Waals surface area contributed by atoms with E-state index in [4.69, 9.17) is 5.73 Å². The van der Waals surface area contributed by atoms with Crippen LogP contribution in [0.3, 0.4) is 0 Å². The molecule has 0 amide bonds. The first-order valence-electron chi connectivity index (χ1n) is 17.5. The fourth-order valence-corrected chi connectivity index (χ4v) is 7.23. The molecule has 50 heavy (non-hydrogen) atoms. The molecule has 0 aliphatic heterocycles. The Balaban J connectivity index is 1.04. The summed E-state index contributed by atoms with van der Waals surface area (Å²) in [6, 6.07) is 52.3. The van der Waals surface area contributed by atoms with E-state index in [2.05, 4.69) is 193 Å². The largest absolute Gasteiger partial charge is 0.402 e. The van der Waals surface area contributed by atoms with Crippen molar-refractivity contribution in [2.24, 2.45) is 11.7 Å². The second-order valence-electron chi connectivity index (χ2n) is 13.4. The molecule has 2 N–H and O–H groups in total. The third-order valence-corrected chi connectivity index (χ3v) is 9.85. The van der Waals surface area contributed by atoms with Crippen LogP contribution in [-0.4, -0.2) is 0 Å². The van der Waals surface area contributed by atoms with Crippen molar-refractivity contribution < 1.29 is 0 Å². The summed E-state index contributed by atoms with van der Waals surface area (Å²) in [5.74, 6) is 0.513. The zero-order valence-electron chi connectivity index (χ0n) is 28.4. The average molecular weight is 648 g/mol. The molecule has 0 fully saturated rings. The van der Waals surface area contributed by atoms with Crippen molar-refractivity contribution in [3.63, 3.8) is 0 Å². The number of hydrogen-bond donors (Lipinski definition) is 1. The van der Waals surface area contributed by atoms with Crippen LogP contribution in [0.25, 0.3) is 22.9 Å². The third-order valence-electron chi connectivity index (χ3n) is 9.85. The first-order valence-corrected chi connectivity index (χ1v) is 17.5. The van der Waals surface area contributed by atoms with Gasteiger partial charge in [0.25, 0.3) is 0 Å². The molecule has 8 rings (SSSR count). The Kier molecular flexibility index (Phi) is 8.63. The molecule has 1 atom stereocenters. The predicted molar refractivity (Wildman–Crippen MR) is 213 cm³/mol. The normalized spacial score (nSPS) is 15.6. The van der Waals surface area contributed by atoms with Crippen molar-refractivity contribution in [3.05, 3.63) is 197 Å². The van der Waals surface area contributed by atoms with Gasteiger partial charge in [0, 0.05) is 39.8 Å². The fraction of sp³-hybridized carbons (Fsp3) is 0.106. The van der Waals surface area contributed by atoms with Gasteiger partial charge in [-0.3, -0.25) is 0 Å². The molecule has 2 aliphatic carbocycles. The zero-order chi connectivity index (χ0) is 33.9. The van der Waals surface area contributed by atoms with Gasteiger partial charge in [0.1, 0.15) is 0 Å². The first-order chi connectivity index (χ1) is 24.6. The first kappa shape index (κ1) is 31.2. The van der Waals surface area contributed by atoms with Gasteiger partial charge in [-0.25, -0.2) is 0 Å². The Bertz CT molecular complexity index is 2240. The molecule has 1 unspecified atom stereocenters. The topological polar surface area (TPSA) is 32.5 Å². The Hall–Kier alpha value is -6.06. The highest BCUT2D eigenvalue weighted by atomic mass is 15.2. The monoisotopic (exact) mass is 647 g/mol. The minimum atomic E-state index is 0.513. The van der Waals surface area contributed by atoms with Crippen molar-refractivity contribution >= 4 is 51.4 Å². The summed E-state index contributed by atoms with van der Waals surface area (Å²) in [4.78, 5) is 4.72. The van der Waals surface area contributed by atoms with E-state index in [-0.39, 0.29) is 0 Å². The summed E-state index contributed by atoms with van der Waals surface area (Å²) < 4.78 is 0. The molecule has 3 heteroatoms. The number of nitrogens with two attached hydrogens (primary N) is 1. The minimum absolute atomic E-state index is 0.513. The highest BCUT2D eigenvalue weighted by Crippen LogP contribution is 2.40. The van der Waals surface area contributed by atoms with Gasteiger partial charge >= 0.3 is 0 Å². The van der Waals surface area contributed by atoms with Gasteiger partial charge in [-0.15, -0.1) is 0 Å². The molecular weight excluding hydrogens is 607 g/mol. The Morgan fingerprint density at radius 2 is 1.10 bits per heavy atom. The van der Waals surface area contributed by atoms with Crippen LogP contribution < -0.4 is 15.5 Å². The lowest BCUT2D eigenvalue weighted by molar-refractivity contribution is 0.534. The van der Waals surface area contributed by atoms with Crippen molar-refractivity contribution in [3.8, 4) is 0 Å². The second-order valence-corrected chi connectivity index (χ2v) is 13.4. The van der Waals surface area contributed by atoms with Gasteiger partial charge in [0.05, 0.1) is 0 Å². The van der Waals surface area contributed by atoms with Crippen LogP contribution in [0.2, 0.25) is 0 Å². The van der Waals surface area contributed by atoms with Crippen LogP contribution in [0.1, 0.15) is 36.0 Å². The van der Waals surface area contributed by atoms with Gasteiger partial charge in [-0.1, -0.05) is 109 Å². The zero-order valence-corrected chi connectivity index (χ0v) is 28.4. The Labute approximate surface area is 295 Å². The molecule has 0 spiro atoms. The summed E-state index contributed by atoms with van der Waals surface area (Å²) in [5, 5.41) is 2.49. The smallest absolute Gasteiger partial charge is 0.0468 e. The van der Waals surface area contributed by atoms with E-state index in [0.29, 0.717) is 5.92 Å². The number of para-hydroxylation sites is 2. The summed E-state index contributed by atoms with van der Waals surface area (Å²) >= 11 is 0. The van der Waals surface area contributed by atoms with Crippen molar-refractivity contribution in [1.82, 2.24) is 0 Å². The van der Waals surface area contributed by atoms with E-state index < -0.39 is 0 Å². The van der Waals surface area contributed by atoms with Gasteiger partial charge in [-0.05, 0) is 132 Å². The number of fused-ring (bicyclic) bond motifs is 2. The maximum Gasteiger partial charge on any atom is 0.0468 e. The number of rotatable bonds is 8. The van der Waals surface area contributed by atoms with Gasteiger partial charge in [0.2, 0.25) is 0 Å². The molecule has 6 aromatic rings. The van der Waals surface area contributed by atoms with Crippen molar-refractivity contribution in [2.75, 3.05) is 9.80 Å². The maximum absolute atomic E-state index is 6.16. The number of nitrogens with zero attached hydrogens (tertiary/aromatic N) is 2. The standard InChI is InChI=1S/C47H41N3/c1-34-12-19-39-32-46(28-21-37(39)30-34)49(42-8-4-2-5-9-42)44-24-15-35(16-25-44)13-14-36-17-26-45(27-18-36)50(43-10-6-3-7-11-43)47-29-22-38-31-41(48)23-20-40(38)33-47/h2-19,21-22,24-32,40H,20,23,33,48H2,1H3/b14-13+. The maximum atomic E-state index is 6.16. The Morgan fingerprint density at radius 3 is 1.76 bits per heavy atom. The molecule has 0 saturated heterocycles. The molecule has 0 saturated carbocycles. The summed E-state index contributed by atoms with van der Waals surface area (Å²) in [7, 11) is 0. The number of hydrogen-bond acceptors (Lipinski definition) is 3. The van der Waals surface area contributed by atoms with Crippen LogP contribution in [0, 0.1) is 12.8 Å². The molecule has 244 valence electrons. The number of allylic oxidation sites excluding steroid dienone is 6. The molecular formula is C47H41N3. The quantitative estimate of drug-likeness (QED) is 0.167. The predicted octanol–water partition coefficient (Wildman–Crippen LogP) is 12.4. The van der Waals surface area contributed by atoms with E-state index >= 15 is 0 Å². The molecule has 0 aromatic heterocycles. The lowest BCUT2D eigenvalue weighted by atomic mass is 9.81. The van der Waals surface area contributed by atoms with Crippen molar-refractivity contribution in [1.29, 1.82) is 0 Å². The highest BCUT2D eigenvalue weighted by Gasteiger charge is 2.25. The lowest BCUT2D eigenvalue weighted by Crippen LogP contribution is -2.23. The van der Waals surface area contributed by atoms with E-state index in [1.165, 1.54) is 33.3 Å². The molecule has 0 heterocycles. The lowest BCUT2D eigenvalue weighted by Gasteiger charge is -2.34. The van der Waals surface area contributed by atoms with E-state index in [1.807, 2.05) is 0 Å². The molecule has 0 radical (unpaired) electrons. The van der Waals surface area contributed by atoms with Gasteiger partial charge in [0.15, 0.2) is 0 Å². The third kappa shape index (κ3) is 6.63. The van der Waals surface area contributed by atoms with Crippen LogP contribution in [0.15, 0.2) is 181 Å². The Morgan fingerprint density at radius 1 is 0.560 bits per heavy atom. The molecule has 3 nitrogen and oxygen atoms in total. The second kappa shape index (κ2) is 13.8. The van der Waals surface area contributed by atoms with Crippen LogP contribution in [-0.2, 0) is 0 Å². The molecule has 2 aliphatic rings. The average Bonchev–Trinajstić information content (AvgIpc) is 3.16. The van der Waals surface area contributed by atoms with E-state index in [1.54, 1.807) is 0 Å². The van der Waals surface area contributed by atoms with Gasteiger partial charge < -0.3 is 15.5 Å². The SMILES string of the molecule is Cc1ccc2cc(N(c3ccccc3)c3ccc(/C=C/c4ccc(N(C5=CC=C6C=C(N)CCC6C5)c5ccccc5)cc4)cc3)ccc2c1. The highest BCUT2D eigenvalue weighted by molar-refractivity contribution is 5.90. The molecule has 0 bridgehead atoms.